The van der Waals surface area contributed by atoms with Crippen LogP contribution in [0.5, 0.6) is 11.5 Å². The minimum atomic E-state index is 0.0217. The number of hydrogen-bond donors (Lipinski definition) is 1. The van der Waals surface area contributed by atoms with Crippen LogP contribution in [-0.2, 0) is 10.5 Å². The number of hydrogen-bond acceptors (Lipinski definition) is 6. The van der Waals surface area contributed by atoms with Crippen LogP contribution in [0.15, 0.2) is 45.9 Å². The third kappa shape index (κ3) is 6.05. The van der Waals surface area contributed by atoms with E-state index in [1.807, 2.05) is 30.3 Å². The van der Waals surface area contributed by atoms with Crippen LogP contribution in [0, 0.1) is 0 Å². The van der Waals surface area contributed by atoms with Crippen LogP contribution in [0.1, 0.15) is 5.76 Å². The first-order valence-corrected chi connectivity index (χ1v) is 9.58. The Morgan fingerprint density at radius 2 is 2.04 bits per heavy atom. The third-order valence-corrected chi connectivity index (χ3v) is 5.09. The van der Waals surface area contributed by atoms with E-state index in [2.05, 4.69) is 5.32 Å². The minimum Gasteiger partial charge on any atom is -0.493 e. The summed E-state index contributed by atoms with van der Waals surface area (Å²) in [7, 11) is 3.20. The average molecular weight is 367 g/mol. The molecule has 0 saturated heterocycles. The lowest BCUT2D eigenvalue weighted by Gasteiger charge is -2.09. The van der Waals surface area contributed by atoms with Crippen molar-refractivity contribution in [3.8, 4) is 11.5 Å². The molecule has 0 spiro atoms. The Morgan fingerprint density at radius 3 is 2.75 bits per heavy atom. The van der Waals surface area contributed by atoms with Crippen LogP contribution in [-0.4, -0.2) is 38.2 Å². The molecule has 1 aromatic carbocycles. The number of thioether (sulfide) groups is 2. The first-order valence-electron chi connectivity index (χ1n) is 7.44. The van der Waals surface area contributed by atoms with Gasteiger partial charge in [-0.15, -0.1) is 11.8 Å². The number of carbonyl (C=O) groups excluding carboxylic acids is 1. The van der Waals surface area contributed by atoms with Crippen molar-refractivity contribution in [2.75, 3.05) is 32.3 Å². The average Bonchev–Trinajstić information content (AvgIpc) is 3.12. The highest BCUT2D eigenvalue weighted by Crippen LogP contribution is 2.31. The van der Waals surface area contributed by atoms with Gasteiger partial charge < -0.3 is 19.2 Å². The second kappa shape index (κ2) is 10.2. The quantitative estimate of drug-likeness (QED) is 0.513. The molecule has 1 amide bonds. The Bertz CT molecular complexity index is 632. The topological polar surface area (TPSA) is 60.7 Å². The predicted molar refractivity (Wildman–Crippen MR) is 98.1 cm³/mol. The van der Waals surface area contributed by atoms with Crippen LogP contribution in [0.25, 0.3) is 0 Å². The number of carbonyl (C=O) groups is 1. The van der Waals surface area contributed by atoms with Crippen molar-refractivity contribution >= 4 is 29.4 Å². The van der Waals surface area contributed by atoms with Crippen molar-refractivity contribution in [2.45, 2.75) is 10.6 Å². The molecule has 2 rings (SSSR count). The van der Waals surface area contributed by atoms with E-state index in [9.17, 15) is 4.79 Å². The largest absolute Gasteiger partial charge is 0.493 e. The van der Waals surface area contributed by atoms with E-state index in [0.29, 0.717) is 23.8 Å². The molecule has 1 aromatic heterocycles. The Morgan fingerprint density at radius 1 is 1.21 bits per heavy atom. The highest BCUT2D eigenvalue weighted by Gasteiger charge is 2.07. The summed E-state index contributed by atoms with van der Waals surface area (Å²) in [5.74, 6) is 4.37. The molecule has 5 nitrogen and oxygen atoms in total. The van der Waals surface area contributed by atoms with Gasteiger partial charge in [0.2, 0.25) is 5.91 Å². The van der Waals surface area contributed by atoms with Crippen LogP contribution in [0.2, 0.25) is 0 Å². The molecule has 0 aliphatic heterocycles. The second-order valence-electron chi connectivity index (χ2n) is 4.79. The van der Waals surface area contributed by atoms with Gasteiger partial charge in [0.1, 0.15) is 5.76 Å². The predicted octanol–water partition coefficient (Wildman–Crippen LogP) is 3.44. The summed E-state index contributed by atoms with van der Waals surface area (Å²) in [4.78, 5) is 12.8. The molecule has 0 saturated carbocycles. The minimum absolute atomic E-state index is 0.0217. The van der Waals surface area contributed by atoms with Gasteiger partial charge in [-0.1, -0.05) is 0 Å². The molecule has 0 fully saturated rings. The van der Waals surface area contributed by atoms with Gasteiger partial charge in [-0.2, -0.15) is 11.8 Å². The normalized spacial score (nSPS) is 10.4. The Hall–Kier alpha value is -1.73. The van der Waals surface area contributed by atoms with E-state index in [1.54, 1.807) is 32.2 Å². The number of furan rings is 1. The summed E-state index contributed by atoms with van der Waals surface area (Å²) in [5, 5.41) is 2.92. The first-order chi connectivity index (χ1) is 11.7. The number of rotatable bonds is 10. The summed E-state index contributed by atoms with van der Waals surface area (Å²) in [6, 6.07) is 9.45. The van der Waals surface area contributed by atoms with E-state index in [4.69, 9.17) is 13.9 Å². The first kappa shape index (κ1) is 18.6. The van der Waals surface area contributed by atoms with E-state index in [1.165, 1.54) is 11.8 Å². The Labute approximate surface area is 150 Å². The van der Waals surface area contributed by atoms with Crippen LogP contribution < -0.4 is 14.8 Å². The number of methoxy groups -OCH3 is 2. The molecule has 0 atom stereocenters. The standard InChI is InChI=1S/C17H21NO4S2/c1-20-15-6-5-14(10-16(15)21-2)24-12-17(19)18-7-9-23-11-13-4-3-8-22-13/h3-6,8,10H,7,9,11-12H2,1-2H3,(H,18,19). The zero-order chi connectivity index (χ0) is 17.2. The van der Waals surface area contributed by atoms with E-state index in [-0.39, 0.29) is 5.91 Å². The lowest BCUT2D eigenvalue weighted by atomic mass is 10.3. The summed E-state index contributed by atoms with van der Waals surface area (Å²) < 4.78 is 15.7. The molecule has 1 N–H and O–H groups in total. The van der Waals surface area contributed by atoms with Gasteiger partial charge in [-0.05, 0) is 30.3 Å². The smallest absolute Gasteiger partial charge is 0.230 e. The van der Waals surface area contributed by atoms with Crippen LogP contribution >= 0.6 is 23.5 Å². The lowest BCUT2D eigenvalue weighted by molar-refractivity contribution is -0.118. The maximum atomic E-state index is 11.9. The monoisotopic (exact) mass is 367 g/mol. The molecule has 0 unspecified atom stereocenters. The number of amides is 1. The molecular weight excluding hydrogens is 346 g/mol. The fourth-order valence-electron chi connectivity index (χ4n) is 1.94. The van der Waals surface area contributed by atoms with Gasteiger partial charge in [-0.3, -0.25) is 4.79 Å². The molecule has 2 aromatic rings. The van der Waals surface area contributed by atoms with E-state index >= 15 is 0 Å². The van der Waals surface area contributed by atoms with Crippen LogP contribution in [0.3, 0.4) is 0 Å². The summed E-state index contributed by atoms with van der Waals surface area (Å²) in [6.45, 7) is 0.650. The van der Waals surface area contributed by atoms with E-state index < -0.39 is 0 Å². The SMILES string of the molecule is COc1ccc(SCC(=O)NCCSCc2ccco2)cc1OC. The fourth-order valence-corrected chi connectivity index (χ4v) is 3.45. The molecule has 0 aliphatic rings. The van der Waals surface area contributed by atoms with Crippen molar-refractivity contribution in [3.05, 3.63) is 42.4 Å². The molecule has 0 radical (unpaired) electrons. The second-order valence-corrected chi connectivity index (χ2v) is 6.94. The molecule has 1 heterocycles. The molecule has 24 heavy (non-hydrogen) atoms. The molecule has 130 valence electrons. The number of ether oxygens (including phenoxy) is 2. The fraction of sp³-hybridized carbons (Fsp3) is 0.353. The Balaban J connectivity index is 1.64. The highest BCUT2D eigenvalue weighted by molar-refractivity contribution is 8.00. The summed E-state index contributed by atoms with van der Waals surface area (Å²) >= 11 is 3.20. The number of nitrogens with one attached hydrogen (secondary N) is 1. The summed E-state index contributed by atoms with van der Waals surface area (Å²) in [5.41, 5.74) is 0. The molecule has 0 bridgehead atoms. The van der Waals surface area contributed by atoms with E-state index in [0.717, 1.165) is 22.2 Å². The molecule has 7 heteroatoms. The van der Waals surface area contributed by atoms with Gasteiger partial charge in [0.05, 0.1) is 32.0 Å². The maximum Gasteiger partial charge on any atom is 0.230 e. The van der Waals surface area contributed by atoms with Crippen molar-refractivity contribution in [1.29, 1.82) is 0 Å². The molecule has 0 aliphatic carbocycles. The van der Waals surface area contributed by atoms with Crippen LogP contribution in [0.4, 0.5) is 0 Å². The maximum absolute atomic E-state index is 11.9. The highest BCUT2D eigenvalue weighted by atomic mass is 32.2. The third-order valence-electron chi connectivity index (χ3n) is 3.12. The summed E-state index contributed by atoms with van der Waals surface area (Å²) in [6.07, 6.45) is 1.67. The van der Waals surface area contributed by atoms with Crippen molar-refractivity contribution < 1.29 is 18.7 Å². The van der Waals surface area contributed by atoms with Gasteiger partial charge >= 0.3 is 0 Å². The van der Waals surface area contributed by atoms with Gasteiger partial charge in [0.15, 0.2) is 11.5 Å². The van der Waals surface area contributed by atoms with Crippen molar-refractivity contribution in [1.82, 2.24) is 5.32 Å². The van der Waals surface area contributed by atoms with Gasteiger partial charge in [-0.25, -0.2) is 0 Å². The van der Waals surface area contributed by atoms with Crippen molar-refractivity contribution in [3.63, 3.8) is 0 Å². The lowest BCUT2D eigenvalue weighted by Crippen LogP contribution is -2.27. The zero-order valence-electron chi connectivity index (χ0n) is 13.7. The van der Waals surface area contributed by atoms with Gasteiger partial charge in [0, 0.05) is 17.2 Å². The van der Waals surface area contributed by atoms with Gasteiger partial charge in [0.25, 0.3) is 0 Å². The zero-order valence-corrected chi connectivity index (χ0v) is 15.4. The Kier molecular flexibility index (Phi) is 7.91. The van der Waals surface area contributed by atoms with Crippen molar-refractivity contribution in [2.24, 2.45) is 0 Å². The molecular formula is C17H21NO4S2. The number of benzene rings is 1.